The highest BCUT2D eigenvalue weighted by Crippen LogP contribution is 2.44. The summed E-state index contributed by atoms with van der Waals surface area (Å²) in [5, 5.41) is 21.3. The van der Waals surface area contributed by atoms with Crippen LogP contribution in [0, 0.1) is 32.8 Å². The van der Waals surface area contributed by atoms with Gasteiger partial charge >= 0.3 is 0 Å². The van der Waals surface area contributed by atoms with Crippen LogP contribution in [0.1, 0.15) is 54.3 Å². The molecule has 0 saturated heterocycles. The molecule has 0 fully saturated rings. The Morgan fingerprint density at radius 1 is 1.21 bits per heavy atom. The number of fused-ring (bicyclic) bond motifs is 1. The third-order valence-corrected chi connectivity index (χ3v) is 7.51. The number of benzene rings is 2. The Morgan fingerprint density at radius 2 is 1.91 bits per heavy atom. The van der Waals surface area contributed by atoms with Gasteiger partial charge in [-0.3, -0.25) is 10.1 Å². The Bertz CT molecular complexity index is 1250. The number of aliphatic imine (C=N–C) groups is 1. The summed E-state index contributed by atoms with van der Waals surface area (Å²) in [6, 6.07) is 16.3. The molecule has 1 aromatic heterocycles. The van der Waals surface area contributed by atoms with Gasteiger partial charge in [0.15, 0.2) is 0 Å². The molecule has 0 radical (unpaired) electrons. The third-order valence-electron chi connectivity index (χ3n) is 6.35. The Kier molecular flexibility index (Phi) is 6.80. The van der Waals surface area contributed by atoms with Crippen LogP contribution in [-0.2, 0) is 19.4 Å². The largest absolute Gasteiger partial charge is 0.489 e. The predicted octanol–water partition coefficient (Wildman–Crippen LogP) is 7.01. The molecule has 1 heterocycles. The number of non-ortho nitro benzene ring substituents is 1. The Hall–Kier alpha value is -3.50. The summed E-state index contributed by atoms with van der Waals surface area (Å²) in [7, 11) is 0. The van der Waals surface area contributed by atoms with Crippen molar-refractivity contribution in [3.63, 3.8) is 0 Å². The number of nitrogens with zero attached hydrogens (tertiary/aromatic N) is 3. The van der Waals surface area contributed by atoms with Crippen molar-refractivity contribution in [1.82, 2.24) is 0 Å². The first-order valence-corrected chi connectivity index (χ1v) is 12.1. The van der Waals surface area contributed by atoms with Crippen molar-refractivity contribution in [3.8, 4) is 11.8 Å². The van der Waals surface area contributed by atoms with Gasteiger partial charge in [-0.1, -0.05) is 20.8 Å². The van der Waals surface area contributed by atoms with E-state index in [1.54, 1.807) is 29.7 Å². The number of nitriles is 1. The molecule has 1 aliphatic carbocycles. The fourth-order valence-corrected chi connectivity index (χ4v) is 5.40. The summed E-state index contributed by atoms with van der Waals surface area (Å²) >= 11 is 1.65. The maximum absolute atomic E-state index is 10.8. The van der Waals surface area contributed by atoms with Crippen LogP contribution < -0.4 is 4.74 Å². The van der Waals surface area contributed by atoms with Gasteiger partial charge in [-0.25, -0.2) is 4.99 Å². The summed E-state index contributed by atoms with van der Waals surface area (Å²) in [6.07, 6.45) is 4.88. The topological polar surface area (TPSA) is 88.5 Å². The number of hydrogen-bond acceptors (Lipinski definition) is 6. The van der Waals surface area contributed by atoms with Gasteiger partial charge in [-0.15, -0.1) is 11.3 Å². The molecule has 2 aromatic carbocycles. The van der Waals surface area contributed by atoms with Crippen LogP contribution in [0.25, 0.3) is 0 Å². The smallest absolute Gasteiger partial charge is 0.269 e. The molecule has 1 aliphatic rings. The van der Waals surface area contributed by atoms with Crippen molar-refractivity contribution >= 4 is 28.2 Å². The molecule has 34 heavy (non-hydrogen) atoms. The minimum absolute atomic E-state index is 0.0626. The standard InChI is InChI=1S/C27H27N3O3S/c1-27(2,3)20-8-13-23-24(15-28)26(34-25(23)14-20)29-16-18-6-11-22(12-7-18)33-17-19-4-9-21(10-5-19)30(31)32/h4-7,9-12,16,20H,8,13-14,17H2,1-3H3/t20-/m1/s1. The van der Waals surface area contributed by atoms with Crippen molar-refractivity contribution in [3.05, 3.63) is 85.8 Å². The van der Waals surface area contributed by atoms with Gasteiger partial charge in [0, 0.05) is 23.2 Å². The molecule has 174 valence electrons. The van der Waals surface area contributed by atoms with E-state index < -0.39 is 4.92 Å². The summed E-state index contributed by atoms with van der Waals surface area (Å²) in [5.41, 5.74) is 4.02. The monoisotopic (exact) mass is 473 g/mol. The van der Waals surface area contributed by atoms with E-state index in [0.29, 0.717) is 18.3 Å². The first-order valence-electron chi connectivity index (χ1n) is 11.3. The summed E-state index contributed by atoms with van der Waals surface area (Å²) < 4.78 is 5.78. The quantitative estimate of drug-likeness (QED) is 0.219. The first-order chi connectivity index (χ1) is 16.2. The molecule has 6 nitrogen and oxygen atoms in total. The molecule has 0 amide bonds. The van der Waals surface area contributed by atoms with E-state index in [4.69, 9.17) is 4.74 Å². The number of hydrogen-bond donors (Lipinski definition) is 0. The highest BCUT2D eigenvalue weighted by molar-refractivity contribution is 7.16. The second-order valence-electron chi connectivity index (χ2n) is 9.64. The molecule has 4 rings (SSSR count). The van der Waals surface area contributed by atoms with Crippen molar-refractivity contribution in [2.75, 3.05) is 0 Å². The maximum Gasteiger partial charge on any atom is 0.269 e. The molecule has 7 heteroatoms. The van der Waals surface area contributed by atoms with Gasteiger partial charge in [-0.05, 0) is 83.7 Å². The Labute approximate surface area is 203 Å². The predicted molar refractivity (Wildman–Crippen MR) is 135 cm³/mol. The average molecular weight is 474 g/mol. The van der Waals surface area contributed by atoms with Gasteiger partial charge in [0.05, 0.1) is 10.5 Å². The maximum atomic E-state index is 10.8. The van der Waals surface area contributed by atoms with Crippen LogP contribution in [-0.4, -0.2) is 11.1 Å². The van der Waals surface area contributed by atoms with E-state index >= 15 is 0 Å². The van der Waals surface area contributed by atoms with E-state index in [-0.39, 0.29) is 11.1 Å². The van der Waals surface area contributed by atoms with E-state index in [9.17, 15) is 15.4 Å². The second kappa shape index (κ2) is 9.78. The van der Waals surface area contributed by atoms with Gasteiger partial charge in [0.25, 0.3) is 5.69 Å². The highest BCUT2D eigenvalue weighted by atomic mass is 32.1. The molecular formula is C27H27N3O3S. The zero-order valence-electron chi connectivity index (χ0n) is 19.6. The zero-order valence-corrected chi connectivity index (χ0v) is 20.4. The third kappa shape index (κ3) is 5.35. The van der Waals surface area contributed by atoms with Gasteiger partial charge in [-0.2, -0.15) is 5.26 Å². The van der Waals surface area contributed by atoms with Crippen molar-refractivity contribution in [2.45, 2.75) is 46.6 Å². The molecule has 0 unspecified atom stereocenters. The minimum Gasteiger partial charge on any atom is -0.489 e. The number of nitro benzene ring substituents is 1. The van der Waals surface area contributed by atoms with E-state index in [1.807, 2.05) is 24.3 Å². The number of thiophene rings is 1. The normalized spacial score (nSPS) is 15.6. The van der Waals surface area contributed by atoms with Crippen LogP contribution in [0.5, 0.6) is 5.75 Å². The summed E-state index contributed by atoms with van der Waals surface area (Å²) in [6.45, 7) is 7.20. The molecule has 0 spiro atoms. The molecule has 0 aliphatic heterocycles. The van der Waals surface area contributed by atoms with Crippen LogP contribution in [0.3, 0.4) is 0 Å². The molecule has 1 atom stereocenters. The van der Waals surface area contributed by atoms with Crippen LogP contribution in [0.4, 0.5) is 10.7 Å². The van der Waals surface area contributed by atoms with Crippen LogP contribution in [0.2, 0.25) is 0 Å². The molecule has 0 bridgehead atoms. The minimum atomic E-state index is -0.418. The summed E-state index contributed by atoms with van der Waals surface area (Å²) in [5.74, 6) is 1.33. The van der Waals surface area contributed by atoms with Crippen molar-refractivity contribution in [2.24, 2.45) is 16.3 Å². The fourth-order valence-electron chi connectivity index (χ4n) is 4.18. The highest BCUT2D eigenvalue weighted by Gasteiger charge is 2.32. The van der Waals surface area contributed by atoms with Crippen molar-refractivity contribution < 1.29 is 9.66 Å². The van der Waals surface area contributed by atoms with Crippen LogP contribution >= 0.6 is 11.3 Å². The van der Waals surface area contributed by atoms with E-state index in [2.05, 4.69) is 31.8 Å². The van der Waals surface area contributed by atoms with Gasteiger partial charge < -0.3 is 4.74 Å². The van der Waals surface area contributed by atoms with Gasteiger partial charge in [0.2, 0.25) is 0 Å². The molecular weight excluding hydrogens is 446 g/mol. The van der Waals surface area contributed by atoms with E-state index in [1.165, 1.54) is 22.6 Å². The Morgan fingerprint density at radius 3 is 2.53 bits per heavy atom. The molecule has 0 N–H and O–H groups in total. The lowest BCUT2D eigenvalue weighted by atomic mass is 9.72. The lowest BCUT2D eigenvalue weighted by Gasteiger charge is -2.33. The fraction of sp³-hybridized carbons (Fsp3) is 0.333. The van der Waals surface area contributed by atoms with E-state index in [0.717, 1.165) is 41.0 Å². The van der Waals surface area contributed by atoms with Gasteiger partial charge in [0.1, 0.15) is 23.4 Å². The molecule has 0 saturated carbocycles. The first kappa shape index (κ1) is 23.7. The second-order valence-corrected chi connectivity index (χ2v) is 10.7. The number of rotatable bonds is 6. The Balaban J connectivity index is 1.41. The zero-order chi connectivity index (χ0) is 24.3. The summed E-state index contributed by atoms with van der Waals surface area (Å²) in [4.78, 5) is 16.3. The SMILES string of the molecule is CC(C)(C)[C@@H]1CCc2c(sc(N=Cc3ccc(OCc4ccc([N+](=O)[O-])cc4)cc3)c2C#N)C1. The van der Waals surface area contributed by atoms with Crippen molar-refractivity contribution in [1.29, 1.82) is 5.26 Å². The number of nitro groups is 1. The van der Waals surface area contributed by atoms with Crippen LogP contribution in [0.15, 0.2) is 53.5 Å². The lowest BCUT2D eigenvalue weighted by Crippen LogP contribution is -2.26. The molecule has 3 aromatic rings. The average Bonchev–Trinajstić information content (AvgIpc) is 3.18. The number of ether oxygens (including phenoxy) is 1. The lowest BCUT2D eigenvalue weighted by molar-refractivity contribution is -0.384.